The molecule has 0 aliphatic heterocycles. The summed E-state index contributed by atoms with van der Waals surface area (Å²) in [5.74, 6) is 1.37. The largest absolute Gasteiger partial charge is 0.339 e. The molecule has 1 aromatic heterocycles. The minimum atomic E-state index is -3.27. The number of hydrogen-bond donors (Lipinski definition) is 1. The smallest absolute Gasteiger partial charge is 0.229 e. The van der Waals surface area contributed by atoms with Crippen molar-refractivity contribution in [2.45, 2.75) is 45.1 Å². The van der Waals surface area contributed by atoms with Crippen LogP contribution >= 0.6 is 0 Å². The number of aromatic nitrogens is 2. The lowest BCUT2D eigenvalue weighted by Gasteiger charge is -2.20. The van der Waals surface area contributed by atoms with Gasteiger partial charge in [0.05, 0.1) is 12.8 Å². The molecule has 0 radical (unpaired) electrons. The molecular formula is C13H22N4O4S. The molecule has 1 aliphatic carbocycles. The van der Waals surface area contributed by atoms with Crippen molar-refractivity contribution < 1.29 is 17.7 Å². The Labute approximate surface area is 130 Å². The lowest BCUT2D eigenvalue weighted by atomic mass is 9.85. The van der Waals surface area contributed by atoms with Crippen LogP contribution in [0.1, 0.15) is 50.2 Å². The first-order valence-corrected chi connectivity index (χ1v) is 9.33. The summed E-state index contributed by atoms with van der Waals surface area (Å²) in [6, 6.07) is 0. The van der Waals surface area contributed by atoms with Crippen molar-refractivity contribution in [2.75, 3.05) is 19.3 Å². The molecule has 1 heterocycles. The molecule has 0 aromatic carbocycles. The third-order valence-electron chi connectivity index (χ3n) is 3.71. The second-order valence-corrected chi connectivity index (χ2v) is 7.33. The fourth-order valence-electron chi connectivity index (χ4n) is 2.20. The summed E-state index contributed by atoms with van der Waals surface area (Å²) in [7, 11) is -3.27. The van der Waals surface area contributed by atoms with Crippen molar-refractivity contribution in [1.29, 1.82) is 0 Å². The summed E-state index contributed by atoms with van der Waals surface area (Å²) in [4.78, 5) is 18.0. The van der Waals surface area contributed by atoms with Crippen LogP contribution in [0.4, 0.5) is 0 Å². The highest BCUT2D eigenvalue weighted by Crippen LogP contribution is 2.35. The Morgan fingerprint density at radius 2 is 2.18 bits per heavy atom. The Kier molecular flexibility index (Phi) is 5.52. The molecule has 1 amide bonds. The SMILES string of the molecule is CCN(Cc1noc(C2CCC2)n1)C(=O)CCNS(C)(=O)=O. The zero-order valence-corrected chi connectivity index (χ0v) is 13.7. The van der Waals surface area contributed by atoms with Crippen molar-refractivity contribution in [3.8, 4) is 0 Å². The van der Waals surface area contributed by atoms with Crippen LogP contribution in [0.3, 0.4) is 0 Å². The average molecular weight is 330 g/mol. The van der Waals surface area contributed by atoms with Crippen LogP contribution in [0.2, 0.25) is 0 Å². The first kappa shape index (κ1) is 16.9. The summed E-state index contributed by atoms with van der Waals surface area (Å²) in [6.07, 6.45) is 4.52. The van der Waals surface area contributed by atoms with E-state index in [-0.39, 0.29) is 25.4 Å². The van der Waals surface area contributed by atoms with Gasteiger partial charge in [0.1, 0.15) is 0 Å². The van der Waals surface area contributed by atoms with Gasteiger partial charge in [0.2, 0.25) is 21.8 Å². The lowest BCUT2D eigenvalue weighted by Crippen LogP contribution is -2.34. The number of amides is 1. The van der Waals surface area contributed by atoms with Gasteiger partial charge in [0.25, 0.3) is 0 Å². The van der Waals surface area contributed by atoms with E-state index in [2.05, 4.69) is 14.9 Å². The number of sulfonamides is 1. The second-order valence-electron chi connectivity index (χ2n) is 5.50. The zero-order chi connectivity index (χ0) is 16.2. The fraction of sp³-hybridized carbons (Fsp3) is 0.769. The van der Waals surface area contributed by atoms with Crippen molar-refractivity contribution in [3.63, 3.8) is 0 Å². The van der Waals surface area contributed by atoms with Gasteiger partial charge in [-0.25, -0.2) is 13.1 Å². The molecule has 1 N–H and O–H groups in total. The van der Waals surface area contributed by atoms with E-state index in [0.717, 1.165) is 19.1 Å². The highest BCUT2D eigenvalue weighted by Gasteiger charge is 2.26. The summed E-state index contributed by atoms with van der Waals surface area (Å²) in [5, 5.41) is 3.92. The molecule has 1 saturated carbocycles. The van der Waals surface area contributed by atoms with Gasteiger partial charge in [-0.1, -0.05) is 11.6 Å². The van der Waals surface area contributed by atoms with Crippen LogP contribution in [0.25, 0.3) is 0 Å². The number of hydrogen-bond acceptors (Lipinski definition) is 6. The van der Waals surface area contributed by atoms with Gasteiger partial charge in [0.15, 0.2) is 5.82 Å². The Morgan fingerprint density at radius 1 is 1.45 bits per heavy atom. The Balaban J connectivity index is 1.85. The number of carbonyl (C=O) groups excluding carboxylic acids is 1. The average Bonchev–Trinajstić information content (AvgIpc) is 2.80. The molecular weight excluding hydrogens is 308 g/mol. The lowest BCUT2D eigenvalue weighted by molar-refractivity contribution is -0.131. The third kappa shape index (κ3) is 4.77. The Morgan fingerprint density at radius 3 is 2.73 bits per heavy atom. The van der Waals surface area contributed by atoms with Gasteiger partial charge >= 0.3 is 0 Å². The van der Waals surface area contributed by atoms with E-state index in [0.29, 0.717) is 24.2 Å². The third-order valence-corrected chi connectivity index (χ3v) is 4.44. The molecule has 1 aliphatic rings. The molecule has 2 rings (SSSR count). The summed E-state index contributed by atoms with van der Waals surface area (Å²) < 4.78 is 29.5. The maximum atomic E-state index is 12.1. The maximum absolute atomic E-state index is 12.1. The zero-order valence-electron chi connectivity index (χ0n) is 12.9. The van der Waals surface area contributed by atoms with E-state index in [1.807, 2.05) is 6.92 Å². The maximum Gasteiger partial charge on any atom is 0.229 e. The quantitative estimate of drug-likeness (QED) is 0.749. The number of nitrogens with one attached hydrogen (secondary N) is 1. The van der Waals surface area contributed by atoms with Crippen LogP contribution in [0.15, 0.2) is 4.52 Å². The summed E-state index contributed by atoms with van der Waals surface area (Å²) in [6.45, 7) is 2.73. The molecule has 9 heteroatoms. The molecule has 8 nitrogen and oxygen atoms in total. The van der Waals surface area contributed by atoms with Crippen molar-refractivity contribution in [2.24, 2.45) is 0 Å². The highest BCUT2D eigenvalue weighted by atomic mass is 32.2. The molecule has 0 unspecified atom stereocenters. The van der Waals surface area contributed by atoms with Gasteiger partial charge in [-0.15, -0.1) is 0 Å². The number of rotatable bonds is 8. The van der Waals surface area contributed by atoms with E-state index in [1.54, 1.807) is 4.90 Å². The predicted octanol–water partition coefficient (Wildman–Crippen LogP) is 0.625. The number of carbonyl (C=O) groups is 1. The minimum absolute atomic E-state index is 0.0910. The molecule has 1 fully saturated rings. The molecule has 22 heavy (non-hydrogen) atoms. The van der Waals surface area contributed by atoms with Crippen LogP contribution in [-0.4, -0.2) is 48.7 Å². The van der Waals surface area contributed by atoms with E-state index >= 15 is 0 Å². The normalized spacial score (nSPS) is 15.5. The molecule has 0 saturated heterocycles. The first-order chi connectivity index (χ1) is 10.4. The topological polar surface area (TPSA) is 105 Å². The van der Waals surface area contributed by atoms with Crippen LogP contribution < -0.4 is 4.72 Å². The molecule has 0 atom stereocenters. The highest BCUT2D eigenvalue weighted by molar-refractivity contribution is 7.88. The Hall–Kier alpha value is -1.48. The predicted molar refractivity (Wildman–Crippen MR) is 79.4 cm³/mol. The number of nitrogens with zero attached hydrogens (tertiary/aromatic N) is 3. The van der Waals surface area contributed by atoms with E-state index in [1.165, 1.54) is 6.42 Å². The van der Waals surface area contributed by atoms with E-state index < -0.39 is 10.0 Å². The van der Waals surface area contributed by atoms with Gasteiger partial charge < -0.3 is 9.42 Å². The summed E-state index contributed by atoms with van der Waals surface area (Å²) >= 11 is 0. The van der Waals surface area contributed by atoms with Gasteiger partial charge in [0, 0.05) is 25.4 Å². The standard InChI is InChI=1S/C13H22N4O4S/c1-3-17(12(18)7-8-14-22(2,19)20)9-11-15-13(21-16-11)10-5-4-6-10/h10,14H,3-9H2,1-2H3. The van der Waals surface area contributed by atoms with Crippen molar-refractivity contribution >= 4 is 15.9 Å². The van der Waals surface area contributed by atoms with Crippen LogP contribution in [-0.2, 0) is 21.4 Å². The Bertz CT molecular complexity index is 609. The van der Waals surface area contributed by atoms with E-state index in [4.69, 9.17) is 4.52 Å². The van der Waals surface area contributed by atoms with Gasteiger partial charge in [-0.05, 0) is 19.8 Å². The van der Waals surface area contributed by atoms with Crippen molar-refractivity contribution in [1.82, 2.24) is 19.8 Å². The fourth-order valence-corrected chi connectivity index (χ4v) is 2.67. The summed E-state index contributed by atoms with van der Waals surface area (Å²) in [5.41, 5.74) is 0. The molecule has 1 aromatic rings. The van der Waals surface area contributed by atoms with Crippen molar-refractivity contribution in [3.05, 3.63) is 11.7 Å². The molecule has 0 spiro atoms. The van der Waals surface area contributed by atoms with E-state index in [9.17, 15) is 13.2 Å². The van der Waals surface area contributed by atoms with Crippen LogP contribution in [0, 0.1) is 0 Å². The van der Waals surface area contributed by atoms with Crippen LogP contribution in [0.5, 0.6) is 0 Å². The molecule has 0 bridgehead atoms. The van der Waals surface area contributed by atoms with Gasteiger partial charge in [-0.2, -0.15) is 4.98 Å². The first-order valence-electron chi connectivity index (χ1n) is 7.44. The molecule has 124 valence electrons. The monoisotopic (exact) mass is 330 g/mol. The second kappa shape index (κ2) is 7.19. The van der Waals surface area contributed by atoms with Gasteiger partial charge in [-0.3, -0.25) is 4.79 Å². The minimum Gasteiger partial charge on any atom is -0.339 e.